The molecule has 1 aromatic rings. The number of hydrogen-bond acceptors (Lipinski definition) is 3. The monoisotopic (exact) mass is 297 g/mol. The molecule has 0 unspecified atom stereocenters. The van der Waals surface area contributed by atoms with Gasteiger partial charge in [-0.1, -0.05) is 0 Å². The van der Waals surface area contributed by atoms with Crippen molar-refractivity contribution in [1.29, 1.82) is 0 Å². The van der Waals surface area contributed by atoms with Crippen LogP contribution in [0, 0.1) is 0 Å². The number of rotatable bonds is 4. The van der Waals surface area contributed by atoms with Gasteiger partial charge in [-0.25, -0.2) is 13.1 Å². The van der Waals surface area contributed by atoms with Crippen molar-refractivity contribution in [3.8, 4) is 0 Å². The van der Waals surface area contributed by atoms with E-state index in [1.54, 1.807) is 16.9 Å². The third-order valence-corrected chi connectivity index (χ3v) is 4.38. The van der Waals surface area contributed by atoms with Crippen molar-refractivity contribution in [1.82, 2.24) is 14.5 Å². The summed E-state index contributed by atoms with van der Waals surface area (Å²) in [7, 11) is -3.90. The minimum absolute atomic E-state index is 0.359. The molecular formula is C10H14F3N3O2S. The Kier molecular flexibility index (Phi) is 3.86. The molecule has 0 fully saturated rings. The van der Waals surface area contributed by atoms with E-state index in [2.05, 4.69) is 9.82 Å². The quantitative estimate of drug-likeness (QED) is 0.904. The van der Waals surface area contributed by atoms with Gasteiger partial charge in [0.05, 0.1) is 12.2 Å². The van der Waals surface area contributed by atoms with Crippen LogP contribution in [0.2, 0.25) is 0 Å². The van der Waals surface area contributed by atoms with Crippen LogP contribution in [-0.4, -0.2) is 36.2 Å². The molecule has 0 aliphatic carbocycles. The van der Waals surface area contributed by atoms with Crippen LogP contribution in [0.15, 0.2) is 12.3 Å². The Labute approximate surface area is 108 Å². The van der Waals surface area contributed by atoms with Crippen LogP contribution in [0.25, 0.3) is 0 Å². The first-order valence-corrected chi connectivity index (χ1v) is 7.48. The zero-order chi connectivity index (χ0) is 14.1. The van der Waals surface area contributed by atoms with Crippen LogP contribution in [0.1, 0.15) is 18.5 Å². The van der Waals surface area contributed by atoms with Crippen molar-refractivity contribution in [3.63, 3.8) is 0 Å². The van der Waals surface area contributed by atoms with Gasteiger partial charge >= 0.3 is 6.18 Å². The lowest BCUT2D eigenvalue weighted by molar-refractivity contribution is -0.130. The molecule has 1 atom stereocenters. The van der Waals surface area contributed by atoms with Crippen LogP contribution in [0.4, 0.5) is 13.2 Å². The largest absolute Gasteiger partial charge is 0.390 e. The first-order chi connectivity index (χ1) is 8.75. The Hall–Kier alpha value is -1.09. The summed E-state index contributed by atoms with van der Waals surface area (Å²) in [5.41, 5.74) is 0.884. The lowest BCUT2D eigenvalue weighted by atomic mass is 10.1. The first kappa shape index (κ1) is 14.3. The molecule has 5 nitrogen and oxygen atoms in total. The van der Waals surface area contributed by atoms with E-state index in [1.807, 2.05) is 0 Å². The maximum absolute atomic E-state index is 12.0. The minimum atomic E-state index is -4.46. The Balaban J connectivity index is 1.91. The highest BCUT2D eigenvalue weighted by Crippen LogP contribution is 2.20. The lowest BCUT2D eigenvalue weighted by Gasteiger charge is -2.24. The maximum Gasteiger partial charge on any atom is 0.390 e. The van der Waals surface area contributed by atoms with Gasteiger partial charge < -0.3 is 0 Å². The van der Waals surface area contributed by atoms with E-state index in [0.29, 0.717) is 19.4 Å². The van der Waals surface area contributed by atoms with Crippen molar-refractivity contribution in [3.05, 3.63) is 18.0 Å². The van der Waals surface area contributed by atoms with E-state index in [-0.39, 0.29) is 6.04 Å². The highest BCUT2D eigenvalue weighted by atomic mass is 32.2. The smallest absolute Gasteiger partial charge is 0.269 e. The number of nitrogens with one attached hydrogen (secondary N) is 1. The lowest BCUT2D eigenvalue weighted by Crippen LogP contribution is -2.41. The average Bonchev–Trinajstić information content (AvgIpc) is 2.72. The molecule has 0 saturated heterocycles. The molecule has 0 saturated carbocycles. The molecule has 1 aliphatic heterocycles. The number of halogens is 3. The van der Waals surface area contributed by atoms with Crippen LogP contribution in [0.3, 0.4) is 0 Å². The molecule has 9 heteroatoms. The highest BCUT2D eigenvalue weighted by molar-refractivity contribution is 7.89. The van der Waals surface area contributed by atoms with E-state index in [0.717, 1.165) is 5.69 Å². The number of sulfonamides is 1. The van der Waals surface area contributed by atoms with Crippen molar-refractivity contribution in [2.75, 3.05) is 5.75 Å². The summed E-state index contributed by atoms with van der Waals surface area (Å²) < 4.78 is 63.3. The summed E-state index contributed by atoms with van der Waals surface area (Å²) in [5, 5.41) is 4.05. The highest BCUT2D eigenvalue weighted by Gasteiger charge is 2.31. The summed E-state index contributed by atoms with van der Waals surface area (Å²) >= 11 is 0. The molecular weight excluding hydrogens is 283 g/mol. The maximum atomic E-state index is 12.0. The first-order valence-electron chi connectivity index (χ1n) is 5.83. The molecule has 2 rings (SSSR count). The predicted octanol–water partition coefficient (Wildman–Crippen LogP) is 1.07. The fourth-order valence-corrected chi connectivity index (χ4v) is 3.36. The fourth-order valence-electron chi connectivity index (χ4n) is 2.03. The number of fused-ring (bicyclic) bond motifs is 1. The summed E-state index contributed by atoms with van der Waals surface area (Å²) in [5.74, 6) is -0.924. The zero-order valence-electron chi connectivity index (χ0n) is 10.0. The Morgan fingerprint density at radius 3 is 2.89 bits per heavy atom. The second kappa shape index (κ2) is 5.12. The summed E-state index contributed by atoms with van der Waals surface area (Å²) in [6.45, 7) is 0.564. The summed E-state index contributed by atoms with van der Waals surface area (Å²) in [4.78, 5) is 0. The Bertz CT molecular complexity index is 538. The fraction of sp³-hybridized carbons (Fsp3) is 0.700. The molecule has 2 heterocycles. The molecule has 1 aliphatic rings. The molecule has 19 heavy (non-hydrogen) atoms. The zero-order valence-corrected chi connectivity index (χ0v) is 10.8. The minimum Gasteiger partial charge on any atom is -0.269 e. The van der Waals surface area contributed by atoms with Gasteiger partial charge in [-0.15, -0.1) is 0 Å². The van der Waals surface area contributed by atoms with E-state index in [9.17, 15) is 21.6 Å². The van der Waals surface area contributed by atoms with Crippen molar-refractivity contribution in [2.24, 2.45) is 0 Å². The van der Waals surface area contributed by atoms with Crippen LogP contribution >= 0.6 is 0 Å². The van der Waals surface area contributed by atoms with E-state index < -0.39 is 28.4 Å². The SMILES string of the molecule is O=S(=O)(CCC(F)(F)F)N[C@H]1CCn2nccc2C1. The number of aryl methyl sites for hydroxylation is 1. The second-order valence-electron chi connectivity index (χ2n) is 4.54. The van der Waals surface area contributed by atoms with E-state index in [4.69, 9.17) is 0 Å². The van der Waals surface area contributed by atoms with Gasteiger partial charge in [0.15, 0.2) is 0 Å². The number of aromatic nitrogens is 2. The van der Waals surface area contributed by atoms with Crippen LogP contribution in [-0.2, 0) is 23.0 Å². The van der Waals surface area contributed by atoms with Crippen molar-refractivity contribution >= 4 is 10.0 Å². The molecule has 0 aromatic carbocycles. The predicted molar refractivity (Wildman–Crippen MR) is 61.9 cm³/mol. The standard InChI is InChI=1S/C10H14F3N3O2S/c11-10(12,13)3-6-19(17,18)15-8-2-5-16-9(7-8)1-4-14-16/h1,4,8,15H,2-3,5-7H2/t8-/m0/s1. The van der Waals surface area contributed by atoms with E-state index in [1.165, 1.54) is 0 Å². The third-order valence-electron chi connectivity index (χ3n) is 2.95. The van der Waals surface area contributed by atoms with Gasteiger partial charge in [-0.2, -0.15) is 18.3 Å². The summed E-state index contributed by atoms with van der Waals surface area (Å²) in [6, 6.07) is 1.42. The number of nitrogens with zero attached hydrogens (tertiary/aromatic N) is 2. The Morgan fingerprint density at radius 1 is 1.47 bits per heavy atom. The van der Waals surface area contributed by atoms with Gasteiger partial charge in [-0.05, 0) is 12.5 Å². The third kappa shape index (κ3) is 4.20. The van der Waals surface area contributed by atoms with Crippen LogP contribution in [0.5, 0.6) is 0 Å². The van der Waals surface area contributed by atoms with Gasteiger partial charge in [0, 0.05) is 30.9 Å². The summed E-state index contributed by atoms with van der Waals surface area (Å²) in [6.07, 6.45) is -3.19. The van der Waals surface area contributed by atoms with Gasteiger partial charge in [0.2, 0.25) is 10.0 Å². The topological polar surface area (TPSA) is 64.0 Å². The van der Waals surface area contributed by atoms with Gasteiger partial charge in [0.1, 0.15) is 0 Å². The van der Waals surface area contributed by atoms with E-state index >= 15 is 0 Å². The molecule has 1 N–H and O–H groups in total. The molecule has 0 bridgehead atoms. The van der Waals surface area contributed by atoms with Crippen LogP contribution < -0.4 is 4.72 Å². The van der Waals surface area contributed by atoms with Gasteiger partial charge in [-0.3, -0.25) is 4.68 Å². The molecule has 1 aromatic heterocycles. The average molecular weight is 297 g/mol. The molecule has 0 radical (unpaired) electrons. The molecule has 108 valence electrons. The van der Waals surface area contributed by atoms with Crippen molar-refractivity contribution in [2.45, 2.75) is 38.0 Å². The number of hydrogen-bond donors (Lipinski definition) is 1. The number of alkyl halides is 3. The molecule has 0 spiro atoms. The second-order valence-corrected chi connectivity index (χ2v) is 6.41. The normalized spacial score (nSPS) is 20.3. The van der Waals surface area contributed by atoms with Gasteiger partial charge in [0.25, 0.3) is 0 Å². The molecule has 0 amide bonds. The Morgan fingerprint density at radius 2 is 2.21 bits per heavy atom. The van der Waals surface area contributed by atoms with Crippen molar-refractivity contribution < 1.29 is 21.6 Å².